The molecule has 31 heavy (non-hydrogen) atoms. The fourth-order valence-electron chi connectivity index (χ4n) is 6.47. The topological polar surface area (TPSA) is 101 Å². The highest BCUT2D eigenvalue weighted by molar-refractivity contribution is 5.81. The van der Waals surface area contributed by atoms with Crippen LogP contribution in [0.2, 0.25) is 0 Å². The van der Waals surface area contributed by atoms with E-state index in [1.807, 2.05) is 6.07 Å². The minimum Gasteiger partial charge on any atom is -0.456 e. The van der Waals surface area contributed by atoms with Gasteiger partial charge in [0, 0.05) is 18.4 Å². The number of aryl methyl sites for hydroxylation is 1. The fraction of sp³-hybridized carbons (Fsp3) is 0.583. The molecule has 4 bridgehead atoms. The van der Waals surface area contributed by atoms with Crippen LogP contribution < -0.4 is 10.9 Å². The highest BCUT2D eigenvalue weighted by Gasteiger charge is 2.51. The number of hydrogen-bond acceptors (Lipinski definition) is 5. The van der Waals surface area contributed by atoms with Gasteiger partial charge in [-0.05, 0) is 74.8 Å². The molecule has 1 aromatic heterocycles. The third-order valence-electron chi connectivity index (χ3n) is 7.26. The van der Waals surface area contributed by atoms with Crippen LogP contribution in [0.1, 0.15) is 57.2 Å². The van der Waals surface area contributed by atoms with Gasteiger partial charge in [0.1, 0.15) is 5.82 Å². The summed E-state index contributed by atoms with van der Waals surface area (Å²) in [4.78, 5) is 43.8. The lowest BCUT2D eigenvalue weighted by Gasteiger charge is -2.56. The van der Waals surface area contributed by atoms with Crippen molar-refractivity contribution in [1.82, 2.24) is 15.3 Å². The van der Waals surface area contributed by atoms with Crippen LogP contribution in [0.15, 0.2) is 29.1 Å². The summed E-state index contributed by atoms with van der Waals surface area (Å²) in [7, 11) is 0. The van der Waals surface area contributed by atoms with Crippen LogP contribution in [0.3, 0.4) is 0 Å². The molecule has 1 aromatic carbocycles. The second-order valence-corrected chi connectivity index (χ2v) is 9.79. The summed E-state index contributed by atoms with van der Waals surface area (Å²) in [6.07, 6.45) is 8.35. The molecule has 2 aromatic rings. The number of H-pyrrole nitrogens is 1. The Labute approximate surface area is 181 Å². The zero-order valence-electron chi connectivity index (χ0n) is 17.7. The lowest BCUT2D eigenvalue weighted by molar-refractivity contribution is -0.150. The van der Waals surface area contributed by atoms with E-state index in [0.29, 0.717) is 29.6 Å². The number of carbonyl (C=O) groups is 2. The predicted octanol–water partition coefficient (Wildman–Crippen LogP) is 2.87. The predicted molar refractivity (Wildman–Crippen MR) is 115 cm³/mol. The number of aromatic amines is 1. The van der Waals surface area contributed by atoms with Gasteiger partial charge < -0.3 is 15.0 Å². The maximum Gasteiger partial charge on any atom is 0.306 e. The van der Waals surface area contributed by atoms with Gasteiger partial charge in [-0.2, -0.15) is 0 Å². The first-order chi connectivity index (χ1) is 15.0. The molecule has 0 spiro atoms. The lowest BCUT2D eigenvalue weighted by atomic mass is 9.53. The Bertz CT molecular complexity index is 1020. The average Bonchev–Trinajstić information content (AvgIpc) is 2.71. The summed E-state index contributed by atoms with van der Waals surface area (Å²) >= 11 is 0. The highest BCUT2D eigenvalue weighted by Crippen LogP contribution is 2.55. The van der Waals surface area contributed by atoms with Gasteiger partial charge in [0.25, 0.3) is 11.5 Å². The number of aromatic nitrogens is 2. The number of nitrogens with one attached hydrogen (secondary N) is 2. The quantitative estimate of drug-likeness (QED) is 0.667. The molecule has 1 amide bonds. The Morgan fingerprint density at radius 1 is 1.10 bits per heavy atom. The number of benzene rings is 1. The molecule has 0 unspecified atom stereocenters. The Morgan fingerprint density at radius 2 is 1.77 bits per heavy atom. The molecule has 4 aliphatic rings. The average molecular weight is 424 g/mol. The first-order valence-electron chi connectivity index (χ1n) is 11.4. The third kappa shape index (κ3) is 4.36. The van der Waals surface area contributed by atoms with Crippen molar-refractivity contribution >= 4 is 22.8 Å². The van der Waals surface area contributed by atoms with Gasteiger partial charge in [0.2, 0.25) is 0 Å². The summed E-state index contributed by atoms with van der Waals surface area (Å²) in [6, 6.07) is 7.17. The van der Waals surface area contributed by atoms with Gasteiger partial charge in [-0.15, -0.1) is 0 Å². The van der Waals surface area contributed by atoms with E-state index in [1.54, 1.807) is 18.2 Å². The van der Waals surface area contributed by atoms with E-state index in [1.165, 1.54) is 19.3 Å². The molecule has 0 saturated heterocycles. The van der Waals surface area contributed by atoms with E-state index >= 15 is 0 Å². The number of amides is 1. The second kappa shape index (κ2) is 8.09. The molecule has 4 fully saturated rings. The molecule has 1 heterocycles. The summed E-state index contributed by atoms with van der Waals surface area (Å²) in [5.41, 5.74) is 0.404. The molecule has 6 rings (SSSR count). The van der Waals surface area contributed by atoms with Gasteiger partial charge in [0.15, 0.2) is 6.61 Å². The second-order valence-electron chi connectivity index (χ2n) is 9.79. The number of nitrogens with zero attached hydrogens (tertiary/aromatic N) is 1. The normalized spacial score (nSPS) is 28.6. The summed E-state index contributed by atoms with van der Waals surface area (Å²) in [6.45, 7) is -0.217. The van der Waals surface area contributed by atoms with Crippen molar-refractivity contribution in [2.45, 2.75) is 63.3 Å². The zero-order valence-corrected chi connectivity index (χ0v) is 17.7. The summed E-state index contributed by atoms with van der Waals surface area (Å²) in [5.74, 6) is 2.23. The fourth-order valence-corrected chi connectivity index (χ4v) is 6.47. The van der Waals surface area contributed by atoms with Crippen molar-refractivity contribution in [1.29, 1.82) is 0 Å². The first kappa shape index (κ1) is 20.2. The van der Waals surface area contributed by atoms with Crippen LogP contribution in [0.25, 0.3) is 10.9 Å². The number of carbonyl (C=O) groups excluding carboxylic acids is 2. The van der Waals surface area contributed by atoms with Gasteiger partial charge in [-0.1, -0.05) is 12.1 Å². The van der Waals surface area contributed by atoms with Crippen LogP contribution >= 0.6 is 0 Å². The molecule has 0 radical (unpaired) electrons. The molecule has 164 valence electrons. The van der Waals surface area contributed by atoms with Crippen molar-refractivity contribution in [3.8, 4) is 0 Å². The van der Waals surface area contributed by atoms with Crippen LogP contribution in [-0.2, 0) is 20.7 Å². The first-order valence-corrected chi connectivity index (χ1v) is 11.4. The number of ether oxygens (including phenoxy) is 1. The number of esters is 1. The number of para-hydroxylation sites is 1. The van der Waals surface area contributed by atoms with Crippen molar-refractivity contribution in [2.24, 2.45) is 17.8 Å². The van der Waals surface area contributed by atoms with E-state index in [0.717, 1.165) is 37.0 Å². The van der Waals surface area contributed by atoms with E-state index < -0.39 is 5.97 Å². The number of rotatable bonds is 7. The Morgan fingerprint density at radius 3 is 2.48 bits per heavy atom. The number of fused-ring (bicyclic) bond motifs is 1. The van der Waals surface area contributed by atoms with Crippen molar-refractivity contribution in [2.75, 3.05) is 6.61 Å². The van der Waals surface area contributed by atoms with E-state index in [9.17, 15) is 14.4 Å². The van der Waals surface area contributed by atoms with E-state index in [4.69, 9.17) is 4.74 Å². The monoisotopic (exact) mass is 423 g/mol. The lowest BCUT2D eigenvalue weighted by Crippen LogP contribution is -2.60. The Balaban J connectivity index is 1.07. The smallest absolute Gasteiger partial charge is 0.306 e. The Hall–Kier alpha value is -2.70. The maximum absolute atomic E-state index is 12.5. The molecule has 0 aliphatic heterocycles. The molecular weight excluding hydrogens is 394 g/mol. The molecule has 2 N–H and O–H groups in total. The summed E-state index contributed by atoms with van der Waals surface area (Å²) in [5, 5.41) is 3.77. The SMILES string of the molecule is O=C(COC(=O)CCCc1nc2ccccc2c(=O)[nH]1)NC12CC3CC(CC(C3)C1)C2. The van der Waals surface area contributed by atoms with Crippen LogP contribution in [0.4, 0.5) is 0 Å². The van der Waals surface area contributed by atoms with Gasteiger partial charge >= 0.3 is 5.97 Å². The largest absolute Gasteiger partial charge is 0.456 e. The van der Waals surface area contributed by atoms with Gasteiger partial charge in [0.05, 0.1) is 10.9 Å². The standard InChI is InChI=1S/C24H29N3O4/c28-21(27-24-11-15-8-16(12-24)10-17(9-15)13-24)14-31-22(29)7-3-6-20-25-19-5-2-1-4-18(19)23(30)26-20/h1-2,4-5,15-17H,3,6-14H2,(H,27,28)(H,25,26,30). The molecule has 4 aliphatic carbocycles. The maximum atomic E-state index is 12.5. The Kier molecular flexibility index (Phi) is 5.28. The van der Waals surface area contributed by atoms with Gasteiger partial charge in [-0.25, -0.2) is 4.98 Å². The zero-order chi connectivity index (χ0) is 21.4. The minimum absolute atomic E-state index is 0.0636. The third-order valence-corrected chi connectivity index (χ3v) is 7.26. The van der Waals surface area contributed by atoms with Crippen LogP contribution in [0.5, 0.6) is 0 Å². The number of hydrogen-bond donors (Lipinski definition) is 2. The van der Waals surface area contributed by atoms with Crippen LogP contribution in [0, 0.1) is 17.8 Å². The molecule has 7 nitrogen and oxygen atoms in total. The highest BCUT2D eigenvalue weighted by atomic mass is 16.5. The van der Waals surface area contributed by atoms with Crippen molar-refractivity contribution < 1.29 is 14.3 Å². The summed E-state index contributed by atoms with van der Waals surface area (Å²) < 4.78 is 5.21. The molecule has 0 atom stereocenters. The molecule has 7 heteroatoms. The molecular formula is C24H29N3O4. The van der Waals surface area contributed by atoms with E-state index in [-0.39, 0.29) is 30.0 Å². The van der Waals surface area contributed by atoms with Crippen molar-refractivity contribution in [3.63, 3.8) is 0 Å². The van der Waals surface area contributed by atoms with Crippen LogP contribution in [-0.4, -0.2) is 34.0 Å². The minimum atomic E-state index is -0.399. The van der Waals surface area contributed by atoms with Gasteiger partial charge in [-0.3, -0.25) is 14.4 Å². The molecule has 4 saturated carbocycles. The van der Waals surface area contributed by atoms with Crippen molar-refractivity contribution in [3.05, 3.63) is 40.4 Å². The van der Waals surface area contributed by atoms with E-state index in [2.05, 4.69) is 15.3 Å².